The SMILES string of the molecule is CCOC(=O)C(=Cc1c(C)ncn1Cc1ccc2c(c1)N(COC)c1nccnc1S2)CC. The molecule has 0 fully saturated rings. The zero-order valence-electron chi connectivity index (χ0n) is 19.2. The lowest BCUT2D eigenvalue weighted by Gasteiger charge is -2.30. The first-order valence-corrected chi connectivity index (χ1v) is 11.6. The molecule has 0 amide bonds. The van der Waals surface area contributed by atoms with Crippen LogP contribution in [0.2, 0.25) is 0 Å². The minimum Gasteiger partial charge on any atom is -0.463 e. The van der Waals surface area contributed by atoms with Crippen LogP contribution in [0.15, 0.2) is 52.4 Å². The Morgan fingerprint density at radius 1 is 1.18 bits per heavy atom. The van der Waals surface area contributed by atoms with Gasteiger partial charge in [-0.2, -0.15) is 0 Å². The van der Waals surface area contributed by atoms with Crippen LogP contribution in [-0.2, 0) is 20.8 Å². The van der Waals surface area contributed by atoms with E-state index in [1.54, 1.807) is 31.3 Å². The number of benzene rings is 1. The van der Waals surface area contributed by atoms with Crippen LogP contribution in [0.5, 0.6) is 0 Å². The number of imidazole rings is 1. The second-order valence-corrected chi connectivity index (χ2v) is 8.55. The van der Waals surface area contributed by atoms with Crippen molar-refractivity contribution in [1.82, 2.24) is 19.5 Å². The number of aryl methyl sites for hydroxylation is 1. The van der Waals surface area contributed by atoms with Gasteiger partial charge in [-0.15, -0.1) is 0 Å². The third-order valence-corrected chi connectivity index (χ3v) is 6.38. The van der Waals surface area contributed by atoms with E-state index in [0.717, 1.165) is 38.4 Å². The van der Waals surface area contributed by atoms with Crippen LogP contribution >= 0.6 is 11.8 Å². The minimum atomic E-state index is -0.284. The number of hydrogen-bond acceptors (Lipinski definition) is 8. The molecule has 8 nitrogen and oxygen atoms in total. The first kappa shape index (κ1) is 23.0. The van der Waals surface area contributed by atoms with Gasteiger partial charge in [-0.05, 0) is 44.0 Å². The van der Waals surface area contributed by atoms with Gasteiger partial charge < -0.3 is 14.0 Å². The fourth-order valence-electron chi connectivity index (χ4n) is 3.71. The summed E-state index contributed by atoms with van der Waals surface area (Å²) in [4.78, 5) is 28.9. The number of nitrogens with zero attached hydrogens (tertiary/aromatic N) is 5. The molecule has 0 N–H and O–H groups in total. The molecule has 0 saturated carbocycles. The Morgan fingerprint density at radius 3 is 2.76 bits per heavy atom. The second-order valence-electron chi connectivity index (χ2n) is 7.52. The van der Waals surface area contributed by atoms with Crippen molar-refractivity contribution in [2.24, 2.45) is 0 Å². The summed E-state index contributed by atoms with van der Waals surface area (Å²) in [5.74, 6) is 0.506. The number of fused-ring (bicyclic) bond motifs is 2. The quantitative estimate of drug-likeness (QED) is 0.353. The van der Waals surface area contributed by atoms with E-state index in [2.05, 4.69) is 37.7 Å². The summed E-state index contributed by atoms with van der Waals surface area (Å²) in [6.07, 6.45) is 7.68. The third kappa shape index (κ3) is 4.79. The Morgan fingerprint density at radius 2 is 2.00 bits per heavy atom. The van der Waals surface area contributed by atoms with Crippen molar-refractivity contribution >= 4 is 35.3 Å². The molecule has 3 heterocycles. The Balaban J connectivity index is 1.66. The predicted molar refractivity (Wildman–Crippen MR) is 128 cm³/mol. The molecule has 9 heteroatoms. The zero-order valence-corrected chi connectivity index (χ0v) is 20.1. The topological polar surface area (TPSA) is 82.4 Å². The molecule has 0 bridgehead atoms. The van der Waals surface area contributed by atoms with Crippen LogP contribution < -0.4 is 4.90 Å². The van der Waals surface area contributed by atoms with E-state index in [0.29, 0.717) is 31.9 Å². The van der Waals surface area contributed by atoms with Gasteiger partial charge in [0.05, 0.1) is 30.0 Å². The molecular formula is C24H27N5O3S. The lowest BCUT2D eigenvalue weighted by Crippen LogP contribution is -2.24. The fourth-order valence-corrected chi connectivity index (χ4v) is 4.69. The highest BCUT2D eigenvalue weighted by molar-refractivity contribution is 7.99. The fraction of sp³-hybridized carbons (Fsp3) is 0.333. The van der Waals surface area contributed by atoms with E-state index in [4.69, 9.17) is 9.47 Å². The van der Waals surface area contributed by atoms with Crippen molar-refractivity contribution in [3.8, 4) is 0 Å². The van der Waals surface area contributed by atoms with Gasteiger partial charge in [0.25, 0.3) is 0 Å². The van der Waals surface area contributed by atoms with Gasteiger partial charge in [0.15, 0.2) is 5.82 Å². The Labute approximate surface area is 197 Å². The van der Waals surface area contributed by atoms with Crippen molar-refractivity contribution in [2.45, 2.75) is 43.7 Å². The second kappa shape index (κ2) is 10.2. The van der Waals surface area contributed by atoms with Crippen LogP contribution in [0.3, 0.4) is 0 Å². The molecule has 0 aliphatic carbocycles. The van der Waals surface area contributed by atoms with E-state index in [-0.39, 0.29) is 5.97 Å². The van der Waals surface area contributed by atoms with E-state index < -0.39 is 0 Å². The molecule has 1 aromatic carbocycles. The number of anilines is 2. The smallest absolute Gasteiger partial charge is 0.334 e. The van der Waals surface area contributed by atoms with Gasteiger partial charge in [-0.25, -0.2) is 19.7 Å². The molecule has 33 heavy (non-hydrogen) atoms. The molecule has 0 saturated heterocycles. The highest BCUT2D eigenvalue weighted by Gasteiger charge is 2.26. The molecular weight excluding hydrogens is 438 g/mol. The van der Waals surface area contributed by atoms with Gasteiger partial charge in [0.1, 0.15) is 11.8 Å². The Bertz CT molecular complexity index is 1190. The first-order chi connectivity index (χ1) is 16.0. The monoisotopic (exact) mass is 465 g/mol. The number of aromatic nitrogens is 4. The number of methoxy groups -OCH3 is 1. The summed E-state index contributed by atoms with van der Waals surface area (Å²) in [5.41, 5.74) is 4.53. The van der Waals surface area contributed by atoms with Gasteiger partial charge in [0, 0.05) is 36.5 Å². The van der Waals surface area contributed by atoms with Crippen LogP contribution in [0, 0.1) is 6.92 Å². The summed E-state index contributed by atoms with van der Waals surface area (Å²) >= 11 is 1.60. The number of rotatable bonds is 8. The lowest BCUT2D eigenvalue weighted by molar-refractivity contribution is -0.138. The maximum absolute atomic E-state index is 12.3. The first-order valence-electron chi connectivity index (χ1n) is 10.8. The van der Waals surface area contributed by atoms with Crippen molar-refractivity contribution in [3.05, 3.63) is 59.4 Å². The molecule has 1 aliphatic rings. The highest BCUT2D eigenvalue weighted by Crippen LogP contribution is 2.46. The largest absolute Gasteiger partial charge is 0.463 e. The average Bonchev–Trinajstić information content (AvgIpc) is 3.16. The Hall–Kier alpha value is -3.17. The molecule has 0 atom stereocenters. The van der Waals surface area contributed by atoms with E-state index in [9.17, 15) is 4.79 Å². The van der Waals surface area contributed by atoms with Crippen LogP contribution in [-0.4, -0.2) is 45.9 Å². The van der Waals surface area contributed by atoms with Crippen molar-refractivity contribution in [2.75, 3.05) is 25.3 Å². The molecule has 0 unspecified atom stereocenters. The van der Waals surface area contributed by atoms with Crippen LogP contribution in [0.1, 0.15) is 37.2 Å². The van der Waals surface area contributed by atoms with Gasteiger partial charge in [0.2, 0.25) is 0 Å². The van der Waals surface area contributed by atoms with Gasteiger partial charge in [-0.3, -0.25) is 4.90 Å². The summed E-state index contributed by atoms with van der Waals surface area (Å²) < 4.78 is 12.7. The summed E-state index contributed by atoms with van der Waals surface area (Å²) in [6.45, 7) is 7.04. The molecule has 0 radical (unpaired) electrons. The molecule has 2 aromatic heterocycles. The number of carbonyl (C=O) groups excluding carboxylic acids is 1. The standard InChI is InChI=1S/C24H27N5O3S/c1-5-18(24(30)32-6-2)12-19-16(3)27-14-28(19)13-17-7-8-21-20(11-17)29(15-31-4)22-23(33-21)26-10-9-25-22/h7-12,14H,5-6,13,15H2,1-4H3. The molecule has 4 rings (SSSR count). The normalized spacial score (nSPS) is 13.0. The lowest BCUT2D eigenvalue weighted by atomic mass is 10.1. The average molecular weight is 466 g/mol. The van der Waals surface area contributed by atoms with Gasteiger partial charge >= 0.3 is 5.97 Å². The molecule has 0 spiro atoms. The van der Waals surface area contributed by atoms with E-state index in [1.807, 2.05) is 38.1 Å². The Kier molecular flexibility index (Phi) is 7.10. The number of carbonyl (C=O) groups is 1. The van der Waals surface area contributed by atoms with Crippen LogP contribution in [0.25, 0.3) is 6.08 Å². The van der Waals surface area contributed by atoms with E-state index >= 15 is 0 Å². The number of esters is 1. The molecule has 1 aliphatic heterocycles. The summed E-state index contributed by atoms with van der Waals surface area (Å²) in [5, 5.41) is 0.860. The molecule has 172 valence electrons. The minimum absolute atomic E-state index is 0.284. The van der Waals surface area contributed by atoms with Crippen molar-refractivity contribution in [1.29, 1.82) is 0 Å². The maximum Gasteiger partial charge on any atom is 0.334 e. The van der Waals surface area contributed by atoms with Gasteiger partial charge in [-0.1, -0.05) is 24.8 Å². The molecule has 3 aromatic rings. The predicted octanol–water partition coefficient (Wildman–Crippen LogP) is 4.59. The summed E-state index contributed by atoms with van der Waals surface area (Å²) in [7, 11) is 1.67. The number of ether oxygens (including phenoxy) is 2. The highest BCUT2D eigenvalue weighted by atomic mass is 32.2. The maximum atomic E-state index is 12.3. The third-order valence-electron chi connectivity index (χ3n) is 5.33. The van der Waals surface area contributed by atoms with E-state index in [1.165, 1.54) is 0 Å². The van der Waals surface area contributed by atoms with Crippen molar-refractivity contribution in [3.63, 3.8) is 0 Å². The van der Waals surface area contributed by atoms with Crippen molar-refractivity contribution < 1.29 is 14.3 Å². The zero-order chi connectivity index (χ0) is 23.4. The number of hydrogen-bond donors (Lipinski definition) is 0. The van der Waals surface area contributed by atoms with Crippen LogP contribution in [0.4, 0.5) is 11.5 Å². The summed E-state index contributed by atoms with van der Waals surface area (Å²) in [6, 6.07) is 6.35.